The molecule has 0 saturated carbocycles. The number of furan rings is 1. The second-order valence-corrected chi connectivity index (χ2v) is 15.7. The first-order chi connectivity index (χ1) is 30.3. The summed E-state index contributed by atoms with van der Waals surface area (Å²) in [6.45, 7) is 0. The van der Waals surface area contributed by atoms with Crippen molar-refractivity contribution >= 4 is 71.6 Å². The first kappa shape index (κ1) is 34.9. The van der Waals surface area contributed by atoms with Gasteiger partial charge in [-0.25, -0.2) is 0 Å². The predicted molar refractivity (Wildman–Crippen MR) is 257 cm³/mol. The lowest BCUT2D eigenvalue weighted by molar-refractivity contribution is 0.670. The molecule has 0 amide bonds. The van der Waals surface area contributed by atoms with Crippen molar-refractivity contribution in [3.63, 3.8) is 0 Å². The Hall–Kier alpha value is -8.14. The Labute approximate surface area is 353 Å². The molecule has 0 saturated heterocycles. The topological polar surface area (TPSA) is 21.3 Å². The Bertz CT molecular complexity index is 3410. The molecule has 0 aliphatic heterocycles. The molecule has 10 aromatic carbocycles. The highest BCUT2D eigenvalue weighted by Gasteiger charge is 2.23. The molecule has 0 aliphatic carbocycles. The third-order valence-electron chi connectivity index (χ3n) is 12.2. The zero-order chi connectivity index (χ0) is 40.3. The predicted octanol–water partition coefficient (Wildman–Crippen LogP) is 16.3. The Morgan fingerprint density at radius 1 is 0.361 bits per heavy atom. The molecule has 0 radical (unpaired) electrons. The minimum Gasteiger partial charge on any atom is -0.455 e. The van der Waals surface area contributed by atoms with Crippen LogP contribution in [0.5, 0.6) is 0 Å². The van der Waals surface area contributed by atoms with Crippen molar-refractivity contribution in [2.24, 2.45) is 0 Å². The average molecular weight is 779 g/mol. The van der Waals surface area contributed by atoms with Crippen LogP contribution >= 0.6 is 0 Å². The van der Waals surface area contributed by atoms with E-state index in [0.717, 1.165) is 61.2 Å². The van der Waals surface area contributed by atoms with Crippen LogP contribution in [0.3, 0.4) is 0 Å². The monoisotopic (exact) mass is 778 g/mol. The van der Waals surface area contributed by atoms with Crippen molar-refractivity contribution in [1.82, 2.24) is 4.57 Å². The number of hydrogen-bond acceptors (Lipinski definition) is 2. The number of anilines is 3. The zero-order valence-electron chi connectivity index (χ0n) is 33.2. The first-order valence-electron chi connectivity index (χ1n) is 20.8. The third kappa shape index (κ3) is 5.82. The van der Waals surface area contributed by atoms with Crippen LogP contribution < -0.4 is 4.90 Å². The summed E-state index contributed by atoms with van der Waals surface area (Å²) in [5, 5.41) is 6.99. The van der Waals surface area contributed by atoms with Gasteiger partial charge in [0.05, 0.1) is 22.1 Å². The molecule has 3 nitrogen and oxygen atoms in total. The van der Waals surface area contributed by atoms with Gasteiger partial charge < -0.3 is 13.9 Å². The van der Waals surface area contributed by atoms with Crippen molar-refractivity contribution in [2.75, 3.05) is 4.90 Å². The highest BCUT2D eigenvalue weighted by atomic mass is 16.3. The molecule has 12 aromatic rings. The van der Waals surface area contributed by atoms with Gasteiger partial charge >= 0.3 is 0 Å². The van der Waals surface area contributed by atoms with E-state index in [9.17, 15) is 0 Å². The molecule has 12 rings (SSSR count). The van der Waals surface area contributed by atoms with E-state index in [1.165, 1.54) is 49.4 Å². The van der Waals surface area contributed by atoms with Gasteiger partial charge in [-0.3, -0.25) is 0 Å². The molecule has 61 heavy (non-hydrogen) atoms. The summed E-state index contributed by atoms with van der Waals surface area (Å²) in [5.41, 5.74) is 15.4. The van der Waals surface area contributed by atoms with Crippen LogP contribution in [-0.4, -0.2) is 4.57 Å². The molecule has 2 heterocycles. The number of nitrogens with zero attached hydrogens (tertiary/aromatic N) is 2. The molecule has 0 spiro atoms. The van der Waals surface area contributed by atoms with E-state index in [1.807, 2.05) is 0 Å². The summed E-state index contributed by atoms with van der Waals surface area (Å²) >= 11 is 0. The molecule has 0 aliphatic rings. The number of rotatable bonds is 7. The normalized spacial score (nSPS) is 11.6. The zero-order valence-corrected chi connectivity index (χ0v) is 33.2. The number of fused-ring (bicyclic) bond motifs is 7. The summed E-state index contributed by atoms with van der Waals surface area (Å²) in [4.78, 5) is 2.37. The van der Waals surface area contributed by atoms with E-state index < -0.39 is 0 Å². The maximum absolute atomic E-state index is 7.05. The molecule has 0 N–H and O–H groups in total. The van der Waals surface area contributed by atoms with Crippen molar-refractivity contribution in [2.45, 2.75) is 0 Å². The Morgan fingerprint density at radius 2 is 0.852 bits per heavy atom. The van der Waals surface area contributed by atoms with E-state index in [1.54, 1.807) is 0 Å². The smallest absolute Gasteiger partial charge is 0.143 e. The maximum atomic E-state index is 7.05. The SMILES string of the molecule is c1ccc(-c2ccc(N(c3ccc(-c4ccccc4)cc3)c3cccc4oc5c(-c6ccc(-n7c8ccccc8c8ccccc87)cc6)c6ccccc6cc5c34)cc2)cc1. The summed E-state index contributed by atoms with van der Waals surface area (Å²) in [7, 11) is 0. The average Bonchev–Trinajstić information content (AvgIpc) is 3.88. The van der Waals surface area contributed by atoms with E-state index in [4.69, 9.17) is 4.42 Å². The highest BCUT2D eigenvalue weighted by molar-refractivity contribution is 6.22. The fraction of sp³-hybridized carbons (Fsp3) is 0. The summed E-state index contributed by atoms with van der Waals surface area (Å²) in [6, 6.07) is 82.7. The van der Waals surface area contributed by atoms with E-state index in [-0.39, 0.29) is 0 Å². The van der Waals surface area contributed by atoms with Crippen molar-refractivity contribution in [1.29, 1.82) is 0 Å². The second kappa shape index (κ2) is 14.3. The number of benzene rings is 10. The van der Waals surface area contributed by atoms with Crippen molar-refractivity contribution in [3.05, 3.63) is 231 Å². The first-order valence-corrected chi connectivity index (χ1v) is 20.8. The van der Waals surface area contributed by atoms with Gasteiger partial charge in [0, 0.05) is 38.8 Å². The van der Waals surface area contributed by atoms with Gasteiger partial charge in [-0.1, -0.05) is 164 Å². The molecule has 2 aromatic heterocycles. The molecular weight excluding hydrogens is 741 g/mol. The van der Waals surface area contributed by atoms with Crippen LogP contribution in [0, 0.1) is 0 Å². The van der Waals surface area contributed by atoms with E-state index >= 15 is 0 Å². The molecule has 0 fully saturated rings. The van der Waals surface area contributed by atoms with Gasteiger partial charge in [-0.2, -0.15) is 0 Å². The number of hydrogen-bond donors (Lipinski definition) is 0. The van der Waals surface area contributed by atoms with Gasteiger partial charge in [0.25, 0.3) is 0 Å². The number of para-hydroxylation sites is 2. The lowest BCUT2D eigenvalue weighted by Crippen LogP contribution is -2.10. The van der Waals surface area contributed by atoms with Gasteiger partial charge in [-0.15, -0.1) is 0 Å². The second-order valence-electron chi connectivity index (χ2n) is 15.7. The maximum Gasteiger partial charge on any atom is 0.143 e. The fourth-order valence-corrected chi connectivity index (χ4v) is 9.35. The molecule has 0 unspecified atom stereocenters. The lowest BCUT2D eigenvalue weighted by Gasteiger charge is -2.26. The summed E-state index contributed by atoms with van der Waals surface area (Å²) in [6.07, 6.45) is 0. The standard InChI is InChI=1S/C58H38N2O/c1-3-14-39(15-4-1)41-26-32-45(33-27-41)59(46-34-28-42(29-35-46)40-16-5-2-6-17-40)54-24-13-25-55-57(54)51-38-44-18-7-8-19-48(44)56(58(51)61-55)43-30-36-47(37-31-43)60-52-22-11-9-20-49(52)50-21-10-12-23-53(50)60/h1-38H. The Balaban J connectivity index is 1.04. The molecule has 3 heteroatoms. The van der Waals surface area contributed by atoms with Crippen LogP contribution in [0.25, 0.3) is 93.6 Å². The third-order valence-corrected chi connectivity index (χ3v) is 12.2. The summed E-state index contributed by atoms with van der Waals surface area (Å²) < 4.78 is 9.42. The minimum absolute atomic E-state index is 0.845. The lowest BCUT2D eigenvalue weighted by atomic mass is 9.94. The van der Waals surface area contributed by atoms with Gasteiger partial charge in [-0.05, 0) is 105 Å². The summed E-state index contributed by atoms with van der Waals surface area (Å²) in [5.74, 6) is 0. The van der Waals surface area contributed by atoms with Crippen LogP contribution in [0.15, 0.2) is 235 Å². The largest absolute Gasteiger partial charge is 0.455 e. The fourth-order valence-electron chi connectivity index (χ4n) is 9.35. The van der Waals surface area contributed by atoms with E-state index in [0.29, 0.717) is 0 Å². The molecular formula is C58H38N2O. The Kier molecular flexibility index (Phi) is 8.17. The minimum atomic E-state index is 0.845. The van der Waals surface area contributed by atoms with Crippen LogP contribution in [0.2, 0.25) is 0 Å². The van der Waals surface area contributed by atoms with Crippen LogP contribution in [-0.2, 0) is 0 Å². The van der Waals surface area contributed by atoms with Crippen LogP contribution in [0.1, 0.15) is 0 Å². The molecule has 286 valence electrons. The molecule has 0 bridgehead atoms. The number of aromatic nitrogens is 1. The van der Waals surface area contributed by atoms with Gasteiger partial charge in [0.1, 0.15) is 11.2 Å². The van der Waals surface area contributed by atoms with Crippen LogP contribution in [0.4, 0.5) is 17.1 Å². The van der Waals surface area contributed by atoms with Gasteiger partial charge in [0.15, 0.2) is 0 Å². The molecule has 0 atom stereocenters. The highest BCUT2D eigenvalue weighted by Crippen LogP contribution is 2.47. The van der Waals surface area contributed by atoms with E-state index in [2.05, 4.69) is 240 Å². The van der Waals surface area contributed by atoms with Crippen molar-refractivity contribution < 1.29 is 4.42 Å². The Morgan fingerprint density at radius 3 is 1.44 bits per heavy atom. The quantitative estimate of drug-likeness (QED) is 0.161. The van der Waals surface area contributed by atoms with Crippen molar-refractivity contribution in [3.8, 4) is 39.1 Å². The van der Waals surface area contributed by atoms with Gasteiger partial charge in [0.2, 0.25) is 0 Å².